The molecule has 0 saturated heterocycles. The Kier molecular flexibility index (Phi) is 15.5. The molecule has 2 atom stereocenters. The van der Waals surface area contributed by atoms with Crippen LogP contribution in [0.5, 0.6) is 0 Å². The first-order valence-corrected chi connectivity index (χ1v) is 12.4. The maximum absolute atomic E-state index is 12.6. The molecule has 0 aliphatic carbocycles. The van der Waals surface area contributed by atoms with E-state index in [-0.39, 0.29) is 25.1 Å². The molecule has 3 N–H and O–H groups in total. The number of rotatable bonds is 14. The third-order valence-electron chi connectivity index (χ3n) is 4.51. The van der Waals surface area contributed by atoms with E-state index in [4.69, 9.17) is 9.47 Å². The van der Waals surface area contributed by atoms with E-state index in [1.165, 1.54) is 31.6 Å². The van der Waals surface area contributed by atoms with Gasteiger partial charge >= 0.3 is 18.0 Å². The van der Waals surface area contributed by atoms with Gasteiger partial charge in [0.15, 0.2) is 0 Å². The minimum atomic E-state index is -1.11. The topological polar surface area (TPSA) is 149 Å². The van der Waals surface area contributed by atoms with Gasteiger partial charge in [-0.15, -0.1) is 0 Å². The average Bonchev–Trinajstić information content (AvgIpc) is 2.79. The first kappa shape index (κ1) is 32.2. The van der Waals surface area contributed by atoms with Crippen molar-refractivity contribution in [3.05, 3.63) is 11.6 Å². The molecule has 0 bridgehead atoms. The SMILES string of the molecule is CCC(C)=CCSC[C@H](NC(=O)CC[C@H](NC(=O)OC(C)(C)C)C(=O)OC)C(=O)NCC(=O)OC. The fraction of sp³-hybridized carbons (Fsp3) is 0.696. The summed E-state index contributed by atoms with van der Waals surface area (Å²) in [4.78, 5) is 60.5. The van der Waals surface area contributed by atoms with E-state index < -0.39 is 47.5 Å². The second kappa shape index (κ2) is 16.8. The molecule has 0 aromatic carbocycles. The van der Waals surface area contributed by atoms with Gasteiger partial charge in [-0.25, -0.2) is 9.59 Å². The molecule has 0 aliphatic rings. The Morgan fingerprint density at radius 1 is 1.00 bits per heavy atom. The molecule has 0 aromatic heterocycles. The van der Waals surface area contributed by atoms with Gasteiger partial charge in [0.05, 0.1) is 14.2 Å². The van der Waals surface area contributed by atoms with E-state index in [2.05, 4.69) is 20.7 Å². The zero-order chi connectivity index (χ0) is 27.0. The Morgan fingerprint density at radius 2 is 1.66 bits per heavy atom. The lowest BCUT2D eigenvalue weighted by molar-refractivity contribution is -0.143. The number of amides is 3. The van der Waals surface area contributed by atoms with E-state index in [0.717, 1.165) is 6.42 Å². The molecule has 0 fully saturated rings. The van der Waals surface area contributed by atoms with Gasteiger partial charge in [-0.3, -0.25) is 14.4 Å². The molecule has 35 heavy (non-hydrogen) atoms. The quantitative estimate of drug-likeness (QED) is 0.135. The number of hydrogen-bond donors (Lipinski definition) is 3. The van der Waals surface area contributed by atoms with Gasteiger partial charge in [-0.05, 0) is 40.5 Å². The molecule has 0 unspecified atom stereocenters. The van der Waals surface area contributed by atoms with Gasteiger partial charge in [-0.1, -0.05) is 18.6 Å². The molecule has 3 amide bonds. The van der Waals surface area contributed by atoms with Gasteiger partial charge in [0.1, 0.15) is 24.2 Å². The lowest BCUT2D eigenvalue weighted by Gasteiger charge is -2.23. The van der Waals surface area contributed by atoms with Crippen LogP contribution >= 0.6 is 11.8 Å². The highest BCUT2D eigenvalue weighted by Gasteiger charge is 2.27. The molecule has 11 nitrogen and oxygen atoms in total. The van der Waals surface area contributed by atoms with E-state index >= 15 is 0 Å². The van der Waals surface area contributed by atoms with E-state index in [1.54, 1.807) is 20.8 Å². The molecule has 12 heteroatoms. The fourth-order valence-electron chi connectivity index (χ4n) is 2.45. The number of carbonyl (C=O) groups excluding carboxylic acids is 5. The summed E-state index contributed by atoms with van der Waals surface area (Å²) in [6.45, 7) is 8.75. The van der Waals surface area contributed by atoms with Crippen molar-refractivity contribution >= 4 is 41.6 Å². The smallest absolute Gasteiger partial charge is 0.408 e. The highest BCUT2D eigenvalue weighted by molar-refractivity contribution is 7.99. The number of ether oxygens (including phenoxy) is 3. The first-order valence-electron chi connectivity index (χ1n) is 11.3. The van der Waals surface area contributed by atoms with Crippen molar-refractivity contribution in [3.8, 4) is 0 Å². The molecule has 0 aromatic rings. The van der Waals surface area contributed by atoms with Gasteiger partial charge in [0.2, 0.25) is 11.8 Å². The number of methoxy groups -OCH3 is 2. The third-order valence-corrected chi connectivity index (χ3v) is 5.49. The summed E-state index contributed by atoms with van der Waals surface area (Å²) in [5.74, 6) is -1.48. The highest BCUT2D eigenvalue weighted by Crippen LogP contribution is 2.10. The van der Waals surface area contributed by atoms with E-state index in [9.17, 15) is 24.0 Å². The van der Waals surface area contributed by atoms with Crippen LogP contribution in [0.1, 0.15) is 53.9 Å². The van der Waals surface area contributed by atoms with Crippen molar-refractivity contribution in [2.45, 2.75) is 71.6 Å². The van der Waals surface area contributed by atoms with Crippen LogP contribution in [-0.2, 0) is 33.4 Å². The Labute approximate surface area is 211 Å². The first-order chi connectivity index (χ1) is 16.3. The minimum Gasteiger partial charge on any atom is -0.468 e. The Hall–Kier alpha value is -2.76. The van der Waals surface area contributed by atoms with Crippen LogP contribution in [0.15, 0.2) is 11.6 Å². The summed E-state index contributed by atoms with van der Waals surface area (Å²) in [6.07, 6.45) is 1.90. The number of nitrogens with one attached hydrogen (secondary N) is 3. The maximum Gasteiger partial charge on any atom is 0.408 e. The molecule has 0 aliphatic heterocycles. The molecule has 0 rings (SSSR count). The Morgan fingerprint density at radius 3 is 2.20 bits per heavy atom. The van der Waals surface area contributed by atoms with Crippen LogP contribution in [0.2, 0.25) is 0 Å². The summed E-state index contributed by atoms with van der Waals surface area (Å²) < 4.78 is 14.4. The number of carbonyl (C=O) groups is 5. The monoisotopic (exact) mass is 517 g/mol. The summed E-state index contributed by atoms with van der Waals surface area (Å²) in [6, 6.07) is -2.02. The number of allylic oxidation sites excluding steroid dienone is 1. The second-order valence-corrected chi connectivity index (χ2v) is 9.69. The van der Waals surface area contributed by atoms with Gasteiger partial charge in [0, 0.05) is 17.9 Å². The summed E-state index contributed by atoms with van der Waals surface area (Å²) in [7, 11) is 2.37. The zero-order valence-corrected chi connectivity index (χ0v) is 22.5. The van der Waals surface area contributed by atoms with Gasteiger partial charge < -0.3 is 30.2 Å². The van der Waals surface area contributed by atoms with Gasteiger partial charge in [0.25, 0.3) is 0 Å². The number of thioether (sulfide) groups is 1. The predicted molar refractivity (Wildman–Crippen MR) is 133 cm³/mol. The average molecular weight is 518 g/mol. The standard InChI is InChI=1S/C23H39N3O8S/c1-8-15(2)11-12-35-14-17(20(29)24-13-19(28)32-6)25-18(27)10-9-16(21(30)33-7)26-22(31)34-23(3,4)5/h11,16-17H,8-10,12-14H2,1-7H3,(H,24,29)(H,25,27)(H,26,31)/t16-,17-/m0/s1. The maximum atomic E-state index is 12.6. The Balaban J connectivity index is 5.09. The molecule has 0 radical (unpaired) electrons. The summed E-state index contributed by atoms with van der Waals surface area (Å²) in [5, 5.41) is 7.45. The second-order valence-electron chi connectivity index (χ2n) is 8.62. The lowest BCUT2D eigenvalue weighted by Crippen LogP contribution is -2.50. The summed E-state index contributed by atoms with van der Waals surface area (Å²) in [5.41, 5.74) is 0.440. The molecule has 0 saturated carbocycles. The number of esters is 2. The third kappa shape index (κ3) is 15.7. The minimum absolute atomic E-state index is 0.0696. The van der Waals surface area contributed by atoms with Gasteiger partial charge in [-0.2, -0.15) is 11.8 Å². The van der Waals surface area contributed by atoms with Crippen LogP contribution in [0.25, 0.3) is 0 Å². The zero-order valence-electron chi connectivity index (χ0n) is 21.6. The van der Waals surface area contributed by atoms with Crippen molar-refractivity contribution in [2.24, 2.45) is 0 Å². The molecular weight excluding hydrogens is 478 g/mol. The van der Waals surface area contributed by atoms with Crippen molar-refractivity contribution in [2.75, 3.05) is 32.3 Å². The summed E-state index contributed by atoms with van der Waals surface area (Å²) >= 11 is 1.45. The fourth-order valence-corrected chi connectivity index (χ4v) is 3.46. The van der Waals surface area contributed by atoms with Crippen LogP contribution in [0.4, 0.5) is 4.79 Å². The molecule has 0 spiro atoms. The van der Waals surface area contributed by atoms with E-state index in [1.807, 2.05) is 19.9 Å². The van der Waals surface area contributed by atoms with Crippen LogP contribution in [-0.4, -0.2) is 79.8 Å². The van der Waals surface area contributed by atoms with Crippen molar-refractivity contribution in [1.29, 1.82) is 0 Å². The van der Waals surface area contributed by atoms with Crippen molar-refractivity contribution in [1.82, 2.24) is 16.0 Å². The number of alkyl carbamates (subject to hydrolysis) is 1. The van der Waals surface area contributed by atoms with Crippen LogP contribution < -0.4 is 16.0 Å². The number of hydrogen-bond acceptors (Lipinski definition) is 9. The predicted octanol–water partition coefficient (Wildman–Crippen LogP) is 1.70. The largest absolute Gasteiger partial charge is 0.468 e. The van der Waals surface area contributed by atoms with Crippen molar-refractivity contribution < 1.29 is 38.2 Å². The molecule has 0 heterocycles. The van der Waals surface area contributed by atoms with Crippen LogP contribution in [0, 0.1) is 0 Å². The normalized spacial score (nSPS) is 13.2. The highest BCUT2D eigenvalue weighted by atomic mass is 32.2. The van der Waals surface area contributed by atoms with Crippen LogP contribution in [0.3, 0.4) is 0 Å². The molecular formula is C23H39N3O8S. The Bertz CT molecular complexity index is 764. The van der Waals surface area contributed by atoms with E-state index in [0.29, 0.717) is 5.75 Å². The lowest BCUT2D eigenvalue weighted by atomic mass is 10.1. The molecule has 200 valence electrons. The van der Waals surface area contributed by atoms with Crippen molar-refractivity contribution in [3.63, 3.8) is 0 Å².